The third kappa shape index (κ3) is 3.12. The van der Waals surface area contributed by atoms with E-state index < -0.39 is 0 Å². The zero-order valence-electron chi connectivity index (χ0n) is 11.6. The number of hydrogen-bond donors (Lipinski definition) is 1. The molecule has 0 saturated carbocycles. The summed E-state index contributed by atoms with van der Waals surface area (Å²) in [4.78, 5) is 14.3. The molecule has 3 atom stereocenters. The molecule has 1 amide bonds. The third-order valence-corrected chi connectivity index (χ3v) is 4.89. The van der Waals surface area contributed by atoms with Gasteiger partial charge in [0.25, 0.3) is 0 Å². The quantitative estimate of drug-likeness (QED) is 0.915. The second-order valence-corrected chi connectivity index (χ2v) is 6.31. The largest absolute Gasteiger partial charge is 0.341 e. The van der Waals surface area contributed by atoms with Crippen molar-refractivity contribution in [3.63, 3.8) is 0 Å². The van der Waals surface area contributed by atoms with E-state index >= 15 is 0 Å². The number of amides is 1. The molecular formula is C15H22N2OS. The number of likely N-dealkylation sites (tertiary alicyclic amines) is 1. The molecule has 3 nitrogen and oxygen atoms in total. The first-order valence-electron chi connectivity index (χ1n) is 6.74. The summed E-state index contributed by atoms with van der Waals surface area (Å²) >= 11 is 1.60. The van der Waals surface area contributed by atoms with E-state index in [1.54, 1.807) is 11.8 Å². The summed E-state index contributed by atoms with van der Waals surface area (Å²) in [5.41, 5.74) is 7.19. The summed E-state index contributed by atoms with van der Waals surface area (Å²) in [6.45, 7) is 4.20. The van der Waals surface area contributed by atoms with Crippen LogP contribution in [0, 0.1) is 5.92 Å². The van der Waals surface area contributed by atoms with Gasteiger partial charge < -0.3 is 10.6 Å². The summed E-state index contributed by atoms with van der Waals surface area (Å²) in [5.74, 6) is 0.994. The van der Waals surface area contributed by atoms with Crippen molar-refractivity contribution < 1.29 is 4.79 Å². The van der Waals surface area contributed by atoms with E-state index in [1.165, 1.54) is 5.56 Å². The highest BCUT2D eigenvalue weighted by Crippen LogP contribution is 2.32. The Bertz CT molecular complexity index is 423. The van der Waals surface area contributed by atoms with Gasteiger partial charge in [0, 0.05) is 19.0 Å². The number of carbonyl (C=O) groups excluding carboxylic acids is 1. The molecule has 1 aromatic carbocycles. The molecule has 1 aliphatic rings. The van der Waals surface area contributed by atoms with Crippen molar-refractivity contribution in [1.29, 1.82) is 0 Å². The normalized spacial score (nSPS) is 24.5. The minimum atomic E-state index is 0.0351. The molecule has 1 fully saturated rings. The second-order valence-electron chi connectivity index (χ2n) is 5.13. The predicted octanol–water partition coefficient (Wildman–Crippen LogP) is 1.94. The average Bonchev–Trinajstić information content (AvgIpc) is 2.90. The van der Waals surface area contributed by atoms with E-state index in [0.717, 1.165) is 13.1 Å². The molecule has 104 valence electrons. The first kappa shape index (κ1) is 14.4. The Morgan fingerprint density at radius 1 is 1.42 bits per heavy atom. The van der Waals surface area contributed by atoms with Crippen LogP contribution >= 0.6 is 11.8 Å². The van der Waals surface area contributed by atoms with Gasteiger partial charge in [-0.1, -0.05) is 30.3 Å². The van der Waals surface area contributed by atoms with Gasteiger partial charge in [0.05, 0.1) is 5.25 Å². The Kier molecular flexibility index (Phi) is 4.88. The van der Waals surface area contributed by atoms with Crippen molar-refractivity contribution in [2.24, 2.45) is 11.7 Å². The second kappa shape index (κ2) is 6.44. The summed E-state index contributed by atoms with van der Waals surface area (Å²) < 4.78 is 0. The fourth-order valence-electron chi connectivity index (χ4n) is 2.73. The molecule has 0 aliphatic carbocycles. The third-order valence-electron chi connectivity index (χ3n) is 3.98. The number of carbonyl (C=O) groups is 1. The molecule has 4 heteroatoms. The summed E-state index contributed by atoms with van der Waals surface area (Å²) in [6, 6.07) is 10.4. The molecule has 19 heavy (non-hydrogen) atoms. The van der Waals surface area contributed by atoms with Crippen molar-refractivity contribution in [3.05, 3.63) is 35.9 Å². The van der Waals surface area contributed by atoms with Crippen molar-refractivity contribution in [2.45, 2.75) is 18.1 Å². The molecule has 1 unspecified atom stereocenters. The van der Waals surface area contributed by atoms with E-state index in [1.807, 2.05) is 24.1 Å². The molecule has 1 heterocycles. The van der Waals surface area contributed by atoms with Crippen LogP contribution in [0.15, 0.2) is 30.3 Å². The summed E-state index contributed by atoms with van der Waals surface area (Å²) in [6.07, 6.45) is 1.98. The van der Waals surface area contributed by atoms with Gasteiger partial charge in [-0.2, -0.15) is 11.8 Å². The van der Waals surface area contributed by atoms with Crippen LogP contribution in [-0.4, -0.2) is 41.9 Å². The van der Waals surface area contributed by atoms with Crippen LogP contribution in [-0.2, 0) is 4.79 Å². The number of benzene rings is 1. The zero-order valence-corrected chi connectivity index (χ0v) is 12.4. The molecule has 1 saturated heterocycles. The number of hydrogen-bond acceptors (Lipinski definition) is 3. The lowest BCUT2D eigenvalue weighted by Crippen LogP contribution is -2.35. The lowest BCUT2D eigenvalue weighted by molar-refractivity contribution is -0.129. The standard InChI is InChI=1S/C15H22N2OS/c1-11(19-2)15(18)17-9-13(8-16)14(10-17)12-6-4-3-5-7-12/h3-7,11,13-14H,8-10,16H2,1-2H3/t11?,13-,14+/m1/s1. The monoisotopic (exact) mass is 278 g/mol. The Morgan fingerprint density at radius 3 is 2.68 bits per heavy atom. The van der Waals surface area contributed by atoms with Crippen LogP contribution in [0.1, 0.15) is 18.4 Å². The summed E-state index contributed by atoms with van der Waals surface area (Å²) in [5, 5.41) is 0.0351. The Balaban J connectivity index is 2.12. The SMILES string of the molecule is CSC(C)C(=O)N1C[C@@H](CN)[C@H](c2ccccc2)C1. The van der Waals surface area contributed by atoms with Gasteiger partial charge in [0.15, 0.2) is 0 Å². The maximum absolute atomic E-state index is 12.3. The topological polar surface area (TPSA) is 46.3 Å². The maximum atomic E-state index is 12.3. The zero-order chi connectivity index (χ0) is 13.8. The van der Waals surface area contributed by atoms with Gasteiger partial charge in [-0.3, -0.25) is 4.79 Å². The number of rotatable bonds is 4. The highest BCUT2D eigenvalue weighted by molar-refractivity contribution is 7.99. The highest BCUT2D eigenvalue weighted by Gasteiger charge is 2.36. The van der Waals surface area contributed by atoms with E-state index in [4.69, 9.17) is 5.73 Å². The van der Waals surface area contributed by atoms with Crippen molar-refractivity contribution in [2.75, 3.05) is 25.9 Å². The van der Waals surface area contributed by atoms with Crippen molar-refractivity contribution in [1.82, 2.24) is 4.90 Å². The smallest absolute Gasteiger partial charge is 0.235 e. The molecule has 0 spiro atoms. The van der Waals surface area contributed by atoms with Gasteiger partial charge in [0.1, 0.15) is 0 Å². The Labute approximate surface area is 119 Å². The summed E-state index contributed by atoms with van der Waals surface area (Å²) in [7, 11) is 0. The molecule has 0 radical (unpaired) electrons. The first-order chi connectivity index (χ1) is 9.17. The van der Waals surface area contributed by atoms with E-state index in [0.29, 0.717) is 18.4 Å². The number of nitrogens with two attached hydrogens (primary N) is 1. The van der Waals surface area contributed by atoms with Gasteiger partial charge in [0.2, 0.25) is 5.91 Å². The van der Waals surface area contributed by atoms with Crippen LogP contribution in [0.25, 0.3) is 0 Å². The van der Waals surface area contributed by atoms with E-state index in [-0.39, 0.29) is 11.2 Å². The number of thioether (sulfide) groups is 1. The van der Waals surface area contributed by atoms with E-state index in [2.05, 4.69) is 24.3 Å². The minimum absolute atomic E-state index is 0.0351. The maximum Gasteiger partial charge on any atom is 0.235 e. The number of nitrogens with zero attached hydrogens (tertiary/aromatic N) is 1. The Hall–Kier alpha value is -1.00. The van der Waals surface area contributed by atoms with Gasteiger partial charge in [-0.25, -0.2) is 0 Å². The molecule has 2 N–H and O–H groups in total. The van der Waals surface area contributed by atoms with Crippen LogP contribution in [0.2, 0.25) is 0 Å². The average molecular weight is 278 g/mol. The fraction of sp³-hybridized carbons (Fsp3) is 0.533. The van der Waals surface area contributed by atoms with Crippen molar-refractivity contribution >= 4 is 17.7 Å². The predicted molar refractivity (Wildman–Crippen MR) is 81.3 cm³/mol. The lowest BCUT2D eigenvalue weighted by atomic mass is 9.89. The van der Waals surface area contributed by atoms with Crippen LogP contribution < -0.4 is 5.73 Å². The molecule has 1 aliphatic heterocycles. The van der Waals surface area contributed by atoms with Gasteiger partial charge in [-0.05, 0) is 31.2 Å². The minimum Gasteiger partial charge on any atom is -0.341 e. The highest BCUT2D eigenvalue weighted by atomic mass is 32.2. The molecular weight excluding hydrogens is 256 g/mol. The molecule has 2 rings (SSSR count). The van der Waals surface area contributed by atoms with E-state index in [9.17, 15) is 4.79 Å². The lowest BCUT2D eigenvalue weighted by Gasteiger charge is -2.19. The Morgan fingerprint density at radius 2 is 2.11 bits per heavy atom. The molecule has 0 aromatic heterocycles. The van der Waals surface area contributed by atoms with Crippen LogP contribution in [0.3, 0.4) is 0 Å². The first-order valence-corrected chi connectivity index (χ1v) is 8.02. The van der Waals surface area contributed by atoms with Crippen molar-refractivity contribution in [3.8, 4) is 0 Å². The fourth-order valence-corrected chi connectivity index (χ4v) is 3.08. The molecule has 1 aromatic rings. The van der Waals surface area contributed by atoms with Crippen LogP contribution in [0.4, 0.5) is 0 Å². The van der Waals surface area contributed by atoms with Gasteiger partial charge in [-0.15, -0.1) is 0 Å². The van der Waals surface area contributed by atoms with Crippen LogP contribution in [0.5, 0.6) is 0 Å². The molecule has 0 bridgehead atoms. The van der Waals surface area contributed by atoms with Gasteiger partial charge >= 0.3 is 0 Å².